The second-order valence-electron chi connectivity index (χ2n) is 8.37. The first kappa shape index (κ1) is 21.4. The molecule has 0 bridgehead atoms. The van der Waals surface area contributed by atoms with Crippen LogP contribution in [0, 0.1) is 0 Å². The number of hydrogen-bond acceptors (Lipinski definition) is 7. The van der Waals surface area contributed by atoms with Crippen LogP contribution in [0.2, 0.25) is 0 Å². The predicted octanol–water partition coefficient (Wildman–Crippen LogP) is 3.62. The second kappa shape index (κ2) is 8.18. The Morgan fingerprint density at radius 1 is 1.15 bits per heavy atom. The van der Waals surface area contributed by atoms with E-state index < -0.39 is 0 Å². The standard InChI is InChI=1S/C25H25N7O2/c1-14(2)25(33)30-17-7-5-15(6-8-17)21-19(20-22(26)28-13-29-24(20)32(21)4)16-11-18-23(27-12-16)31(3)9-10-34-18/h5-8,11-13H,1,9-10H2,2-4H3,(H,30,33)(H2,26,28,29). The highest BCUT2D eigenvalue weighted by Crippen LogP contribution is 2.43. The summed E-state index contributed by atoms with van der Waals surface area (Å²) in [5.41, 5.74) is 11.8. The number of benzene rings is 1. The number of hydrogen-bond donors (Lipinski definition) is 2. The second-order valence-corrected chi connectivity index (χ2v) is 8.37. The summed E-state index contributed by atoms with van der Waals surface area (Å²) in [7, 11) is 3.94. The Hall–Kier alpha value is -4.40. The van der Waals surface area contributed by atoms with E-state index in [0.29, 0.717) is 29.3 Å². The molecule has 0 aliphatic carbocycles. The average molecular weight is 456 g/mol. The lowest BCUT2D eigenvalue weighted by atomic mass is 9.99. The number of aryl methyl sites for hydroxylation is 1. The molecule has 172 valence electrons. The molecule has 0 saturated carbocycles. The first-order chi connectivity index (χ1) is 16.3. The molecule has 0 spiro atoms. The first-order valence-electron chi connectivity index (χ1n) is 10.9. The van der Waals surface area contributed by atoms with Gasteiger partial charge in [0.2, 0.25) is 0 Å². The average Bonchev–Trinajstić information content (AvgIpc) is 3.13. The van der Waals surface area contributed by atoms with Crippen LogP contribution in [0.15, 0.2) is 55.0 Å². The van der Waals surface area contributed by atoms with Crippen molar-refractivity contribution in [2.24, 2.45) is 7.05 Å². The molecule has 5 rings (SSSR count). The zero-order valence-electron chi connectivity index (χ0n) is 19.3. The van der Waals surface area contributed by atoms with Crippen molar-refractivity contribution in [2.45, 2.75) is 6.92 Å². The maximum Gasteiger partial charge on any atom is 0.250 e. The number of rotatable bonds is 4. The predicted molar refractivity (Wildman–Crippen MR) is 134 cm³/mol. The molecule has 1 amide bonds. The summed E-state index contributed by atoms with van der Waals surface area (Å²) < 4.78 is 7.90. The molecule has 1 aromatic carbocycles. The topological polar surface area (TPSA) is 111 Å². The third-order valence-electron chi connectivity index (χ3n) is 5.97. The lowest BCUT2D eigenvalue weighted by Gasteiger charge is -2.26. The maximum atomic E-state index is 12.0. The van der Waals surface area contributed by atoms with Crippen molar-refractivity contribution in [3.8, 4) is 28.1 Å². The van der Waals surface area contributed by atoms with Gasteiger partial charge in [-0.1, -0.05) is 18.7 Å². The van der Waals surface area contributed by atoms with Crippen LogP contribution in [0.1, 0.15) is 6.92 Å². The number of pyridine rings is 1. The van der Waals surface area contributed by atoms with E-state index in [1.807, 2.05) is 55.2 Å². The van der Waals surface area contributed by atoms with E-state index in [1.54, 1.807) is 6.92 Å². The number of amides is 1. The van der Waals surface area contributed by atoms with E-state index in [9.17, 15) is 4.79 Å². The van der Waals surface area contributed by atoms with Crippen molar-refractivity contribution in [1.82, 2.24) is 19.5 Å². The smallest absolute Gasteiger partial charge is 0.250 e. The van der Waals surface area contributed by atoms with Gasteiger partial charge in [0.25, 0.3) is 5.91 Å². The molecule has 4 aromatic rings. The Morgan fingerprint density at radius 3 is 2.65 bits per heavy atom. The molecule has 9 nitrogen and oxygen atoms in total. The summed E-state index contributed by atoms with van der Waals surface area (Å²) in [5, 5.41) is 3.59. The van der Waals surface area contributed by atoms with Crippen molar-refractivity contribution in [3.05, 3.63) is 55.0 Å². The van der Waals surface area contributed by atoms with Crippen molar-refractivity contribution < 1.29 is 9.53 Å². The van der Waals surface area contributed by atoms with Gasteiger partial charge in [-0.3, -0.25) is 4.79 Å². The summed E-state index contributed by atoms with van der Waals surface area (Å²) in [4.78, 5) is 27.5. The zero-order chi connectivity index (χ0) is 24.0. The number of likely N-dealkylation sites (N-methyl/N-ethyl adjacent to an activating group) is 1. The van der Waals surface area contributed by atoms with Gasteiger partial charge in [0.05, 0.1) is 17.6 Å². The molecule has 34 heavy (non-hydrogen) atoms. The summed E-state index contributed by atoms with van der Waals surface area (Å²) in [6, 6.07) is 9.60. The number of anilines is 3. The normalized spacial score (nSPS) is 12.9. The van der Waals surface area contributed by atoms with E-state index >= 15 is 0 Å². The van der Waals surface area contributed by atoms with Crippen LogP contribution in [-0.4, -0.2) is 45.6 Å². The van der Waals surface area contributed by atoms with Gasteiger partial charge in [-0.15, -0.1) is 0 Å². The van der Waals surface area contributed by atoms with Gasteiger partial charge in [-0.25, -0.2) is 15.0 Å². The number of carbonyl (C=O) groups is 1. The molecule has 3 N–H and O–H groups in total. The van der Waals surface area contributed by atoms with E-state index in [1.165, 1.54) is 6.33 Å². The highest BCUT2D eigenvalue weighted by Gasteiger charge is 2.24. The number of ether oxygens (including phenoxy) is 1. The fourth-order valence-corrected chi connectivity index (χ4v) is 4.21. The van der Waals surface area contributed by atoms with Gasteiger partial charge in [0, 0.05) is 42.7 Å². The van der Waals surface area contributed by atoms with Crippen molar-refractivity contribution >= 4 is 34.3 Å². The SMILES string of the molecule is C=C(C)C(=O)Nc1ccc(-c2c(-c3cnc4c(c3)OCCN4C)c3c(N)ncnc3n2C)cc1. The Bertz CT molecular complexity index is 1440. The number of nitrogens with two attached hydrogens (primary N) is 1. The molecule has 0 fully saturated rings. The summed E-state index contributed by atoms with van der Waals surface area (Å²) >= 11 is 0. The Labute approximate surface area is 196 Å². The van der Waals surface area contributed by atoms with Crippen molar-refractivity contribution in [2.75, 3.05) is 36.1 Å². The largest absolute Gasteiger partial charge is 0.488 e. The lowest BCUT2D eigenvalue weighted by molar-refractivity contribution is -0.112. The van der Waals surface area contributed by atoms with E-state index in [4.69, 9.17) is 10.5 Å². The van der Waals surface area contributed by atoms with Gasteiger partial charge in [0.15, 0.2) is 11.6 Å². The molecule has 4 heterocycles. The number of nitrogens with one attached hydrogen (secondary N) is 1. The fourth-order valence-electron chi connectivity index (χ4n) is 4.21. The van der Waals surface area contributed by atoms with Crippen molar-refractivity contribution in [3.63, 3.8) is 0 Å². The highest BCUT2D eigenvalue weighted by atomic mass is 16.5. The third kappa shape index (κ3) is 3.51. The molecular weight excluding hydrogens is 430 g/mol. The van der Waals surface area contributed by atoms with Crippen LogP contribution in [0.5, 0.6) is 5.75 Å². The molecular formula is C25H25N7O2. The monoisotopic (exact) mass is 455 g/mol. The highest BCUT2D eigenvalue weighted by molar-refractivity contribution is 6.08. The minimum atomic E-state index is -0.216. The van der Waals surface area contributed by atoms with Gasteiger partial charge < -0.3 is 25.3 Å². The number of carbonyl (C=O) groups excluding carboxylic acids is 1. The molecule has 3 aromatic heterocycles. The molecule has 9 heteroatoms. The lowest BCUT2D eigenvalue weighted by Crippen LogP contribution is -2.29. The molecule has 0 unspecified atom stereocenters. The number of nitrogens with zero attached hydrogens (tertiary/aromatic N) is 5. The van der Waals surface area contributed by atoms with E-state index in [0.717, 1.165) is 45.9 Å². The Morgan fingerprint density at radius 2 is 1.91 bits per heavy atom. The Kier molecular flexibility index (Phi) is 5.16. The maximum absolute atomic E-state index is 12.0. The van der Waals surface area contributed by atoms with Crippen LogP contribution in [-0.2, 0) is 11.8 Å². The number of aromatic nitrogens is 4. The molecule has 0 radical (unpaired) electrons. The van der Waals surface area contributed by atoms with Crippen LogP contribution >= 0.6 is 0 Å². The summed E-state index contributed by atoms with van der Waals surface area (Å²) in [5.74, 6) is 1.70. The zero-order valence-corrected chi connectivity index (χ0v) is 19.3. The van der Waals surface area contributed by atoms with Crippen LogP contribution in [0.25, 0.3) is 33.4 Å². The van der Waals surface area contributed by atoms with Gasteiger partial charge in [-0.2, -0.15) is 0 Å². The molecule has 0 saturated heterocycles. The van der Waals surface area contributed by atoms with Crippen LogP contribution in [0.3, 0.4) is 0 Å². The van der Waals surface area contributed by atoms with Crippen molar-refractivity contribution in [1.29, 1.82) is 0 Å². The fraction of sp³-hybridized carbons (Fsp3) is 0.200. The summed E-state index contributed by atoms with van der Waals surface area (Å²) in [6.07, 6.45) is 3.29. The van der Waals surface area contributed by atoms with Gasteiger partial charge in [0.1, 0.15) is 24.4 Å². The molecule has 1 aliphatic rings. The quantitative estimate of drug-likeness (QED) is 0.452. The Balaban J connectivity index is 1.69. The van der Waals surface area contributed by atoms with Gasteiger partial charge >= 0.3 is 0 Å². The first-order valence-corrected chi connectivity index (χ1v) is 10.9. The minimum Gasteiger partial charge on any atom is -0.488 e. The molecule has 1 aliphatic heterocycles. The number of nitrogen functional groups attached to an aromatic ring is 1. The minimum absolute atomic E-state index is 0.216. The molecule has 0 atom stereocenters. The number of fused-ring (bicyclic) bond motifs is 2. The third-order valence-corrected chi connectivity index (χ3v) is 5.97. The van der Waals surface area contributed by atoms with Gasteiger partial charge in [-0.05, 0) is 30.7 Å². The van der Waals surface area contributed by atoms with E-state index in [2.05, 4.69) is 31.7 Å². The summed E-state index contributed by atoms with van der Waals surface area (Å²) in [6.45, 7) is 6.74. The van der Waals surface area contributed by atoms with Crippen LogP contribution < -0.4 is 20.7 Å². The van der Waals surface area contributed by atoms with Crippen LogP contribution in [0.4, 0.5) is 17.3 Å². The van der Waals surface area contributed by atoms with E-state index in [-0.39, 0.29) is 5.91 Å².